The number of hydrazine groups is 1. The molecule has 0 amide bonds. The largest absolute Gasteiger partial charge is 0.308 e. The first-order valence-electron chi connectivity index (χ1n) is 2.83. The van der Waals surface area contributed by atoms with Gasteiger partial charge in [0.2, 0.25) is 0 Å². The summed E-state index contributed by atoms with van der Waals surface area (Å²) >= 11 is 2.24. The van der Waals surface area contributed by atoms with Crippen LogP contribution in [-0.2, 0) is 0 Å². The summed E-state index contributed by atoms with van der Waals surface area (Å²) < 4.78 is 1.17. The topological polar surface area (TPSA) is 50.9 Å². The molecule has 0 aliphatic carbocycles. The van der Waals surface area contributed by atoms with Crippen LogP contribution in [0.25, 0.3) is 0 Å². The molecule has 0 aliphatic rings. The molecule has 1 aromatic heterocycles. The zero-order valence-corrected chi connectivity index (χ0v) is 7.71. The summed E-state index contributed by atoms with van der Waals surface area (Å²) in [6, 6.07) is 1.94. The highest BCUT2D eigenvalue weighted by Crippen LogP contribution is 2.15. The van der Waals surface area contributed by atoms with E-state index in [2.05, 4.69) is 33.0 Å². The predicted molar refractivity (Wildman–Crippen MR) is 49.5 cm³/mol. The standard InChI is InChI=1S/C6H8IN3/c1-4-5(7)2-3-9-6(4)10-8/h2-3H,8H2,1H3,(H,9,10). The Hall–Kier alpha value is -0.360. The van der Waals surface area contributed by atoms with Gasteiger partial charge >= 0.3 is 0 Å². The van der Waals surface area contributed by atoms with E-state index in [1.807, 2.05) is 13.0 Å². The number of pyridine rings is 1. The molecule has 0 atom stereocenters. The first-order chi connectivity index (χ1) is 4.75. The maximum atomic E-state index is 5.20. The Morgan fingerprint density at radius 2 is 2.40 bits per heavy atom. The van der Waals surface area contributed by atoms with Crippen LogP contribution in [0.5, 0.6) is 0 Å². The Bertz CT molecular complexity index is 236. The summed E-state index contributed by atoms with van der Waals surface area (Å²) in [6.45, 7) is 1.98. The third-order valence-corrected chi connectivity index (χ3v) is 2.44. The minimum absolute atomic E-state index is 0.743. The second kappa shape index (κ2) is 3.16. The molecule has 0 unspecified atom stereocenters. The van der Waals surface area contributed by atoms with Gasteiger partial charge in [0.15, 0.2) is 0 Å². The van der Waals surface area contributed by atoms with E-state index >= 15 is 0 Å². The number of anilines is 1. The van der Waals surface area contributed by atoms with Crippen LogP contribution in [0.4, 0.5) is 5.82 Å². The highest BCUT2D eigenvalue weighted by molar-refractivity contribution is 14.1. The van der Waals surface area contributed by atoms with E-state index in [0.29, 0.717) is 0 Å². The van der Waals surface area contributed by atoms with Crippen molar-refractivity contribution in [3.05, 3.63) is 21.4 Å². The van der Waals surface area contributed by atoms with Crippen LogP contribution in [0.3, 0.4) is 0 Å². The zero-order valence-electron chi connectivity index (χ0n) is 5.56. The summed E-state index contributed by atoms with van der Waals surface area (Å²) in [7, 11) is 0. The SMILES string of the molecule is Cc1c(I)ccnc1NN. The molecule has 0 bridgehead atoms. The Balaban J connectivity index is 3.14. The van der Waals surface area contributed by atoms with Crippen molar-refractivity contribution in [1.29, 1.82) is 0 Å². The lowest BCUT2D eigenvalue weighted by Crippen LogP contribution is -2.10. The molecule has 0 saturated heterocycles. The summed E-state index contributed by atoms with van der Waals surface area (Å²) in [5.74, 6) is 5.95. The van der Waals surface area contributed by atoms with Crippen LogP contribution >= 0.6 is 22.6 Å². The normalized spacial score (nSPS) is 9.50. The third kappa shape index (κ3) is 1.38. The van der Waals surface area contributed by atoms with Gasteiger partial charge in [0, 0.05) is 15.3 Å². The van der Waals surface area contributed by atoms with E-state index in [0.717, 1.165) is 11.4 Å². The van der Waals surface area contributed by atoms with E-state index in [9.17, 15) is 0 Å². The fourth-order valence-electron chi connectivity index (χ4n) is 0.658. The van der Waals surface area contributed by atoms with E-state index in [1.54, 1.807) is 6.20 Å². The molecule has 1 heterocycles. The first kappa shape index (κ1) is 7.74. The maximum absolute atomic E-state index is 5.20. The van der Waals surface area contributed by atoms with Gasteiger partial charge in [0.1, 0.15) is 5.82 Å². The van der Waals surface area contributed by atoms with Gasteiger partial charge in [0.25, 0.3) is 0 Å². The number of halogens is 1. The monoisotopic (exact) mass is 249 g/mol. The number of nitrogens with two attached hydrogens (primary N) is 1. The number of aromatic nitrogens is 1. The summed E-state index contributed by atoms with van der Waals surface area (Å²) in [6.07, 6.45) is 1.73. The minimum Gasteiger partial charge on any atom is -0.308 e. The molecule has 0 aromatic carbocycles. The molecule has 4 heteroatoms. The fraction of sp³-hybridized carbons (Fsp3) is 0.167. The summed E-state index contributed by atoms with van der Waals surface area (Å²) in [5.41, 5.74) is 3.61. The number of nitrogens with one attached hydrogen (secondary N) is 1. The summed E-state index contributed by atoms with van der Waals surface area (Å²) in [5, 5.41) is 0. The predicted octanol–water partition coefficient (Wildman–Crippen LogP) is 1.28. The minimum atomic E-state index is 0.743. The molecule has 54 valence electrons. The van der Waals surface area contributed by atoms with Gasteiger partial charge in [-0.3, -0.25) is 0 Å². The average molecular weight is 249 g/mol. The van der Waals surface area contributed by atoms with Crippen LogP contribution < -0.4 is 11.3 Å². The quantitative estimate of drug-likeness (QED) is 0.448. The highest BCUT2D eigenvalue weighted by atomic mass is 127. The number of hydrogen-bond donors (Lipinski definition) is 2. The fourth-order valence-corrected chi connectivity index (χ4v) is 1.07. The van der Waals surface area contributed by atoms with Crippen molar-refractivity contribution in [2.75, 3.05) is 5.43 Å². The second-order valence-corrected chi connectivity index (χ2v) is 3.07. The Morgan fingerprint density at radius 1 is 1.70 bits per heavy atom. The molecule has 10 heavy (non-hydrogen) atoms. The Morgan fingerprint density at radius 3 is 2.90 bits per heavy atom. The number of rotatable bonds is 1. The van der Waals surface area contributed by atoms with Gasteiger partial charge in [-0.1, -0.05) is 0 Å². The maximum Gasteiger partial charge on any atom is 0.143 e. The van der Waals surface area contributed by atoms with Crippen LogP contribution in [-0.4, -0.2) is 4.98 Å². The summed E-state index contributed by atoms with van der Waals surface area (Å²) in [4.78, 5) is 4.02. The Labute approximate surface area is 73.1 Å². The molecular formula is C6H8IN3. The van der Waals surface area contributed by atoms with Gasteiger partial charge in [-0.15, -0.1) is 0 Å². The van der Waals surface area contributed by atoms with Gasteiger partial charge in [-0.05, 0) is 35.6 Å². The van der Waals surface area contributed by atoms with Crippen LogP contribution in [0.2, 0.25) is 0 Å². The molecule has 0 aliphatic heterocycles. The van der Waals surface area contributed by atoms with Crippen molar-refractivity contribution >= 4 is 28.4 Å². The Kier molecular flexibility index (Phi) is 2.44. The van der Waals surface area contributed by atoms with E-state index in [4.69, 9.17) is 5.84 Å². The van der Waals surface area contributed by atoms with Crippen molar-refractivity contribution in [3.63, 3.8) is 0 Å². The third-order valence-electron chi connectivity index (χ3n) is 1.27. The zero-order chi connectivity index (χ0) is 7.56. The highest BCUT2D eigenvalue weighted by Gasteiger charge is 1.98. The van der Waals surface area contributed by atoms with E-state index in [-0.39, 0.29) is 0 Å². The smallest absolute Gasteiger partial charge is 0.143 e. The molecule has 1 rings (SSSR count). The molecule has 0 radical (unpaired) electrons. The molecule has 0 saturated carbocycles. The lowest BCUT2D eigenvalue weighted by atomic mass is 10.3. The second-order valence-electron chi connectivity index (χ2n) is 1.91. The van der Waals surface area contributed by atoms with Crippen molar-refractivity contribution in [2.45, 2.75) is 6.92 Å². The van der Waals surface area contributed by atoms with Crippen molar-refractivity contribution < 1.29 is 0 Å². The average Bonchev–Trinajstić information content (AvgIpc) is 1.95. The molecule has 1 aromatic rings. The molecule has 3 nitrogen and oxygen atoms in total. The number of hydrogen-bond acceptors (Lipinski definition) is 3. The molecule has 3 N–H and O–H groups in total. The number of nitrogens with zero attached hydrogens (tertiary/aromatic N) is 1. The molecule has 0 spiro atoms. The van der Waals surface area contributed by atoms with Gasteiger partial charge in [0.05, 0.1) is 0 Å². The van der Waals surface area contributed by atoms with Crippen molar-refractivity contribution in [3.8, 4) is 0 Å². The van der Waals surface area contributed by atoms with Gasteiger partial charge < -0.3 is 5.43 Å². The van der Waals surface area contributed by atoms with Crippen LogP contribution in [0.1, 0.15) is 5.56 Å². The van der Waals surface area contributed by atoms with E-state index < -0.39 is 0 Å². The van der Waals surface area contributed by atoms with Crippen molar-refractivity contribution in [2.24, 2.45) is 5.84 Å². The lowest BCUT2D eigenvalue weighted by Gasteiger charge is -2.03. The number of nitrogen functional groups attached to an aromatic ring is 1. The molecule has 0 fully saturated rings. The van der Waals surface area contributed by atoms with Gasteiger partial charge in [-0.2, -0.15) is 0 Å². The first-order valence-corrected chi connectivity index (χ1v) is 3.91. The van der Waals surface area contributed by atoms with Gasteiger partial charge in [-0.25, -0.2) is 10.8 Å². The van der Waals surface area contributed by atoms with E-state index in [1.165, 1.54) is 3.57 Å². The lowest BCUT2D eigenvalue weighted by molar-refractivity contribution is 1.18. The van der Waals surface area contributed by atoms with Crippen molar-refractivity contribution in [1.82, 2.24) is 4.98 Å². The van der Waals surface area contributed by atoms with Crippen LogP contribution in [0.15, 0.2) is 12.3 Å². The van der Waals surface area contributed by atoms with Crippen LogP contribution in [0, 0.1) is 10.5 Å². The molecular weight excluding hydrogens is 241 g/mol.